The number of aromatic nitrogens is 4. The summed E-state index contributed by atoms with van der Waals surface area (Å²) in [6.07, 6.45) is 0. The second kappa shape index (κ2) is 9.02. The zero-order chi connectivity index (χ0) is 20.1. The van der Waals surface area contributed by atoms with Crippen molar-refractivity contribution >= 4 is 29.0 Å². The Morgan fingerprint density at radius 3 is 2.66 bits per heavy atom. The SMILES string of the molecule is CN(Cc1cccs1)C(=O)c1ccccc1SCc1nnnn1-c1ccccc1. The minimum atomic E-state index is 0.00384. The zero-order valence-corrected chi connectivity index (χ0v) is 17.4. The van der Waals surface area contributed by atoms with E-state index in [1.165, 1.54) is 0 Å². The van der Waals surface area contributed by atoms with E-state index in [1.54, 1.807) is 32.7 Å². The van der Waals surface area contributed by atoms with Gasteiger partial charge in [0.05, 0.1) is 23.5 Å². The molecule has 0 atom stereocenters. The second-order valence-electron chi connectivity index (χ2n) is 6.37. The normalized spacial score (nSPS) is 10.8. The van der Waals surface area contributed by atoms with Crippen molar-refractivity contribution in [3.63, 3.8) is 0 Å². The summed E-state index contributed by atoms with van der Waals surface area (Å²) in [4.78, 5) is 16.8. The number of hydrogen-bond donors (Lipinski definition) is 0. The number of rotatable bonds is 7. The number of amides is 1. The summed E-state index contributed by atoms with van der Waals surface area (Å²) in [5.41, 5.74) is 1.60. The quantitative estimate of drug-likeness (QED) is 0.417. The molecule has 0 spiro atoms. The summed E-state index contributed by atoms with van der Waals surface area (Å²) in [5, 5.41) is 14.1. The van der Waals surface area contributed by atoms with Crippen molar-refractivity contribution in [3.05, 3.63) is 88.4 Å². The lowest BCUT2D eigenvalue weighted by Gasteiger charge is -2.18. The topological polar surface area (TPSA) is 63.9 Å². The molecule has 2 aromatic carbocycles. The van der Waals surface area contributed by atoms with E-state index in [0.29, 0.717) is 17.9 Å². The van der Waals surface area contributed by atoms with E-state index in [4.69, 9.17) is 0 Å². The highest BCUT2D eigenvalue weighted by Crippen LogP contribution is 2.27. The van der Waals surface area contributed by atoms with Crippen molar-refractivity contribution in [1.29, 1.82) is 0 Å². The van der Waals surface area contributed by atoms with Gasteiger partial charge >= 0.3 is 0 Å². The van der Waals surface area contributed by atoms with Crippen LogP contribution in [0.15, 0.2) is 77.0 Å². The average molecular weight is 422 g/mol. The van der Waals surface area contributed by atoms with E-state index < -0.39 is 0 Å². The highest BCUT2D eigenvalue weighted by atomic mass is 32.2. The molecule has 29 heavy (non-hydrogen) atoms. The van der Waals surface area contributed by atoms with Crippen LogP contribution in [0.2, 0.25) is 0 Å². The Morgan fingerprint density at radius 1 is 1.07 bits per heavy atom. The van der Waals surface area contributed by atoms with Gasteiger partial charge in [-0.2, -0.15) is 4.68 Å². The molecule has 146 valence electrons. The van der Waals surface area contributed by atoms with Crippen LogP contribution in [0.25, 0.3) is 5.69 Å². The van der Waals surface area contributed by atoms with E-state index >= 15 is 0 Å². The van der Waals surface area contributed by atoms with Crippen LogP contribution in [0.4, 0.5) is 0 Å². The van der Waals surface area contributed by atoms with Gasteiger partial charge in [-0.25, -0.2) is 0 Å². The van der Waals surface area contributed by atoms with Gasteiger partial charge in [0.1, 0.15) is 0 Å². The Labute approximate surface area is 177 Å². The first-order chi connectivity index (χ1) is 14.2. The Morgan fingerprint density at radius 2 is 1.86 bits per heavy atom. The molecule has 0 saturated heterocycles. The molecule has 0 bridgehead atoms. The molecule has 8 heteroatoms. The van der Waals surface area contributed by atoms with Gasteiger partial charge in [0.15, 0.2) is 5.82 Å². The molecule has 0 saturated carbocycles. The molecule has 2 aromatic heterocycles. The Bertz CT molecular complexity index is 1080. The van der Waals surface area contributed by atoms with Crippen LogP contribution >= 0.6 is 23.1 Å². The first kappa shape index (κ1) is 19.4. The lowest BCUT2D eigenvalue weighted by Crippen LogP contribution is -2.26. The monoisotopic (exact) mass is 421 g/mol. The van der Waals surface area contributed by atoms with E-state index in [1.807, 2.05) is 79.2 Å². The van der Waals surface area contributed by atoms with Crippen LogP contribution in [0.3, 0.4) is 0 Å². The fraction of sp³-hybridized carbons (Fsp3) is 0.143. The van der Waals surface area contributed by atoms with Crippen LogP contribution in [-0.4, -0.2) is 38.1 Å². The molecule has 6 nitrogen and oxygen atoms in total. The summed E-state index contributed by atoms with van der Waals surface area (Å²) in [6, 6.07) is 21.5. The molecule has 0 unspecified atom stereocenters. The van der Waals surface area contributed by atoms with Crippen molar-refractivity contribution < 1.29 is 4.79 Å². The van der Waals surface area contributed by atoms with E-state index in [-0.39, 0.29) is 5.91 Å². The van der Waals surface area contributed by atoms with Crippen LogP contribution in [-0.2, 0) is 12.3 Å². The van der Waals surface area contributed by atoms with E-state index in [0.717, 1.165) is 21.3 Å². The molecule has 0 radical (unpaired) electrons. The van der Waals surface area contributed by atoms with E-state index in [9.17, 15) is 4.79 Å². The van der Waals surface area contributed by atoms with E-state index in [2.05, 4.69) is 15.5 Å². The molecular weight excluding hydrogens is 402 g/mol. The van der Waals surface area contributed by atoms with Gasteiger partial charge in [-0.05, 0) is 46.1 Å². The molecule has 0 N–H and O–H groups in total. The molecule has 4 rings (SSSR count). The fourth-order valence-corrected chi connectivity index (χ4v) is 4.60. The number of carbonyl (C=O) groups excluding carboxylic acids is 1. The predicted molar refractivity (Wildman–Crippen MR) is 115 cm³/mol. The summed E-state index contributed by atoms with van der Waals surface area (Å²) >= 11 is 3.21. The van der Waals surface area contributed by atoms with Crippen molar-refractivity contribution in [2.75, 3.05) is 7.05 Å². The van der Waals surface area contributed by atoms with Crippen LogP contribution in [0, 0.1) is 0 Å². The smallest absolute Gasteiger partial charge is 0.255 e. The zero-order valence-electron chi connectivity index (χ0n) is 15.8. The van der Waals surface area contributed by atoms with Crippen LogP contribution in [0.1, 0.15) is 21.1 Å². The van der Waals surface area contributed by atoms with Crippen molar-refractivity contribution in [2.45, 2.75) is 17.2 Å². The molecule has 4 aromatic rings. The lowest BCUT2D eigenvalue weighted by atomic mass is 10.2. The second-order valence-corrected chi connectivity index (χ2v) is 8.42. The number of nitrogens with zero attached hydrogens (tertiary/aromatic N) is 5. The standard InChI is InChI=1S/C21H19N5OS2/c1-25(14-17-10-7-13-28-17)21(27)18-11-5-6-12-19(18)29-15-20-22-23-24-26(20)16-8-3-2-4-9-16/h2-13H,14-15H2,1H3. The summed E-state index contributed by atoms with van der Waals surface area (Å²) in [5.74, 6) is 1.29. The summed E-state index contributed by atoms with van der Waals surface area (Å²) in [7, 11) is 1.83. The number of thiophene rings is 1. The van der Waals surface area contributed by atoms with Crippen LogP contribution < -0.4 is 0 Å². The fourth-order valence-electron chi connectivity index (χ4n) is 2.89. The maximum Gasteiger partial charge on any atom is 0.255 e. The largest absolute Gasteiger partial charge is 0.337 e. The van der Waals surface area contributed by atoms with Gasteiger partial charge in [-0.3, -0.25) is 4.79 Å². The summed E-state index contributed by atoms with van der Waals surface area (Å²) < 4.78 is 1.72. The number of hydrogen-bond acceptors (Lipinski definition) is 6. The third-order valence-electron chi connectivity index (χ3n) is 4.33. The minimum absolute atomic E-state index is 0.00384. The van der Waals surface area contributed by atoms with Gasteiger partial charge in [0.25, 0.3) is 5.91 Å². The number of benzene rings is 2. The highest BCUT2D eigenvalue weighted by Gasteiger charge is 2.17. The molecular formula is C21H19N5OS2. The molecule has 0 aliphatic rings. The number of tetrazole rings is 1. The number of carbonyl (C=O) groups is 1. The Kier molecular flexibility index (Phi) is 6.02. The maximum absolute atomic E-state index is 13.0. The third kappa shape index (κ3) is 4.55. The number of thioether (sulfide) groups is 1. The third-order valence-corrected chi connectivity index (χ3v) is 6.26. The Balaban J connectivity index is 1.50. The average Bonchev–Trinajstić information content (AvgIpc) is 3.44. The minimum Gasteiger partial charge on any atom is -0.337 e. The number of para-hydroxylation sites is 1. The molecule has 0 aliphatic heterocycles. The molecule has 1 amide bonds. The van der Waals surface area contributed by atoms with Gasteiger partial charge in [-0.15, -0.1) is 28.2 Å². The predicted octanol–water partition coefficient (Wildman–Crippen LogP) is 4.29. The summed E-state index contributed by atoms with van der Waals surface area (Å²) in [6.45, 7) is 0.599. The van der Waals surface area contributed by atoms with Gasteiger partial charge in [0, 0.05) is 16.8 Å². The van der Waals surface area contributed by atoms with Crippen molar-refractivity contribution in [2.24, 2.45) is 0 Å². The van der Waals surface area contributed by atoms with Crippen molar-refractivity contribution in [3.8, 4) is 5.69 Å². The molecule has 0 fully saturated rings. The Hall–Kier alpha value is -2.97. The lowest BCUT2D eigenvalue weighted by molar-refractivity contribution is 0.0783. The van der Waals surface area contributed by atoms with Gasteiger partial charge in [-0.1, -0.05) is 36.4 Å². The van der Waals surface area contributed by atoms with Crippen molar-refractivity contribution in [1.82, 2.24) is 25.1 Å². The first-order valence-corrected chi connectivity index (χ1v) is 10.9. The molecule has 2 heterocycles. The van der Waals surface area contributed by atoms with Gasteiger partial charge in [0.2, 0.25) is 0 Å². The first-order valence-electron chi connectivity index (χ1n) is 9.05. The van der Waals surface area contributed by atoms with Gasteiger partial charge < -0.3 is 4.90 Å². The van der Waals surface area contributed by atoms with Crippen LogP contribution in [0.5, 0.6) is 0 Å². The molecule has 0 aliphatic carbocycles. The maximum atomic E-state index is 13.0. The highest BCUT2D eigenvalue weighted by molar-refractivity contribution is 7.98.